The van der Waals surface area contributed by atoms with E-state index in [1.165, 1.54) is 11.6 Å². The molecule has 0 bridgehead atoms. The Hall–Kier alpha value is -1.92. The third kappa shape index (κ3) is 4.29. The minimum absolute atomic E-state index is 0.195. The lowest BCUT2D eigenvalue weighted by atomic mass is 10.2. The van der Waals surface area contributed by atoms with E-state index in [4.69, 9.17) is 0 Å². The van der Waals surface area contributed by atoms with Gasteiger partial charge in [0.2, 0.25) is 0 Å². The first-order chi connectivity index (χ1) is 10.8. The lowest BCUT2D eigenvalue weighted by molar-refractivity contribution is 0.258. The van der Waals surface area contributed by atoms with Crippen LogP contribution in [0.2, 0.25) is 0 Å². The molecule has 6 heteroatoms. The summed E-state index contributed by atoms with van der Waals surface area (Å²) in [4.78, 5) is 10.8. The second-order valence-electron chi connectivity index (χ2n) is 5.05. The largest absolute Gasteiger partial charge is 0.352 e. The molecule has 0 radical (unpaired) electrons. The molecule has 22 heavy (non-hydrogen) atoms. The monoisotopic (exact) mass is 316 g/mol. The summed E-state index contributed by atoms with van der Waals surface area (Å²) in [6.07, 6.45) is 3.65. The molecule has 1 aliphatic rings. The molecule has 0 saturated heterocycles. The van der Waals surface area contributed by atoms with Crippen molar-refractivity contribution in [2.45, 2.75) is 12.3 Å². The second kappa shape index (κ2) is 7.38. The van der Waals surface area contributed by atoms with Crippen LogP contribution in [0.1, 0.15) is 11.1 Å². The normalized spacial score (nSPS) is 15.2. The van der Waals surface area contributed by atoms with Crippen molar-refractivity contribution in [2.24, 2.45) is 4.99 Å². The van der Waals surface area contributed by atoms with Gasteiger partial charge in [0.25, 0.3) is 0 Å². The maximum Gasteiger partial charge on any atom is 0.159 e. The second-order valence-corrected chi connectivity index (χ2v) is 6.01. The summed E-state index contributed by atoms with van der Waals surface area (Å²) in [6.45, 7) is 2.24. The molecule has 1 aromatic heterocycles. The third-order valence-corrected chi connectivity index (χ3v) is 4.29. The lowest BCUT2D eigenvalue weighted by Crippen LogP contribution is -2.41. The average Bonchev–Trinajstić information content (AvgIpc) is 2.55. The molecule has 1 N–H and O–H groups in total. The molecule has 0 amide bonds. The van der Waals surface area contributed by atoms with Crippen molar-refractivity contribution in [3.8, 4) is 0 Å². The topological polar surface area (TPSA) is 40.5 Å². The van der Waals surface area contributed by atoms with Crippen LogP contribution >= 0.6 is 11.8 Å². The van der Waals surface area contributed by atoms with E-state index >= 15 is 0 Å². The third-order valence-electron chi connectivity index (χ3n) is 3.26. The van der Waals surface area contributed by atoms with Gasteiger partial charge in [-0.2, -0.15) is 0 Å². The van der Waals surface area contributed by atoms with Crippen LogP contribution < -0.4 is 5.32 Å². The van der Waals surface area contributed by atoms with Crippen molar-refractivity contribution in [1.82, 2.24) is 15.2 Å². The summed E-state index contributed by atoms with van der Waals surface area (Å²) in [7, 11) is 0. The number of hydrogen-bond donors (Lipinski definition) is 1. The fourth-order valence-electron chi connectivity index (χ4n) is 2.18. The molecule has 0 atom stereocenters. The maximum absolute atomic E-state index is 13.1. The zero-order valence-electron chi connectivity index (χ0n) is 12.1. The van der Waals surface area contributed by atoms with Crippen LogP contribution in [0.4, 0.5) is 4.39 Å². The molecular formula is C16H17FN4S. The molecule has 0 saturated carbocycles. The van der Waals surface area contributed by atoms with Gasteiger partial charge < -0.3 is 5.32 Å². The predicted molar refractivity (Wildman–Crippen MR) is 87.8 cm³/mol. The Morgan fingerprint density at radius 1 is 1.23 bits per heavy atom. The Morgan fingerprint density at radius 3 is 2.86 bits per heavy atom. The molecular weight excluding hydrogens is 299 g/mol. The van der Waals surface area contributed by atoms with Crippen LogP contribution in [0.5, 0.6) is 0 Å². The van der Waals surface area contributed by atoms with Gasteiger partial charge in [0.15, 0.2) is 5.17 Å². The zero-order chi connectivity index (χ0) is 15.2. The van der Waals surface area contributed by atoms with Gasteiger partial charge in [-0.25, -0.2) is 9.38 Å². The minimum Gasteiger partial charge on any atom is -0.352 e. The number of halogens is 1. The lowest BCUT2D eigenvalue weighted by Gasteiger charge is -2.26. The smallest absolute Gasteiger partial charge is 0.159 e. The minimum atomic E-state index is -0.195. The molecule has 0 aliphatic carbocycles. The number of nitrogens with one attached hydrogen (secondary N) is 1. The first-order valence-corrected chi connectivity index (χ1v) is 8.05. The van der Waals surface area contributed by atoms with Gasteiger partial charge in [0.1, 0.15) is 5.82 Å². The quantitative estimate of drug-likeness (QED) is 0.942. The number of aromatic nitrogens is 1. The Kier molecular flexibility index (Phi) is 5.03. The summed E-state index contributed by atoms with van der Waals surface area (Å²) in [6, 6.07) is 10.7. The Bertz CT molecular complexity index is 648. The van der Waals surface area contributed by atoms with E-state index in [2.05, 4.69) is 26.3 Å². The number of rotatable bonds is 4. The van der Waals surface area contributed by atoms with E-state index in [9.17, 15) is 4.39 Å². The highest BCUT2D eigenvalue weighted by molar-refractivity contribution is 8.13. The summed E-state index contributed by atoms with van der Waals surface area (Å²) >= 11 is 1.60. The average molecular weight is 316 g/mol. The van der Waals surface area contributed by atoms with E-state index in [0.717, 1.165) is 23.9 Å². The molecule has 1 aromatic carbocycles. The van der Waals surface area contributed by atoms with Crippen LogP contribution in [-0.4, -0.2) is 28.4 Å². The van der Waals surface area contributed by atoms with E-state index in [1.54, 1.807) is 30.1 Å². The summed E-state index contributed by atoms with van der Waals surface area (Å²) < 4.78 is 13.1. The van der Waals surface area contributed by atoms with E-state index in [0.29, 0.717) is 12.4 Å². The highest BCUT2D eigenvalue weighted by Gasteiger charge is 2.12. The molecule has 0 spiro atoms. The van der Waals surface area contributed by atoms with Gasteiger partial charge in [0, 0.05) is 24.7 Å². The molecule has 0 unspecified atom stereocenters. The predicted octanol–water partition coefficient (Wildman–Crippen LogP) is 2.83. The standard InChI is InChI=1S/C16H17FN4S/c17-15-5-1-3-13(7-15)10-22-16-19-11-21(12-20-16)9-14-4-2-6-18-8-14/h1-8H,9-12H2,(H,19,20). The van der Waals surface area contributed by atoms with Crippen LogP contribution in [-0.2, 0) is 12.3 Å². The fraction of sp³-hybridized carbons (Fsp3) is 0.250. The van der Waals surface area contributed by atoms with Crippen LogP contribution in [0.25, 0.3) is 0 Å². The van der Waals surface area contributed by atoms with Crippen molar-refractivity contribution >= 4 is 16.9 Å². The first-order valence-electron chi connectivity index (χ1n) is 7.06. The molecule has 3 rings (SSSR count). The van der Waals surface area contributed by atoms with E-state index in [-0.39, 0.29) is 5.82 Å². The van der Waals surface area contributed by atoms with Gasteiger partial charge in [-0.15, -0.1) is 0 Å². The van der Waals surface area contributed by atoms with Crippen LogP contribution in [0.15, 0.2) is 53.8 Å². The molecule has 4 nitrogen and oxygen atoms in total. The van der Waals surface area contributed by atoms with Crippen molar-refractivity contribution in [1.29, 1.82) is 0 Å². The molecule has 114 valence electrons. The van der Waals surface area contributed by atoms with Crippen LogP contribution in [0, 0.1) is 5.82 Å². The molecule has 2 heterocycles. The van der Waals surface area contributed by atoms with Gasteiger partial charge in [-0.1, -0.05) is 30.0 Å². The SMILES string of the molecule is Fc1cccc(CSC2=NCN(Cc3cccnc3)CN2)c1. The molecule has 2 aromatic rings. The number of hydrogen-bond acceptors (Lipinski definition) is 5. The number of benzene rings is 1. The number of aliphatic imine (C=N–C) groups is 1. The number of nitrogens with zero attached hydrogens (tertiary/aromatic N) is 3. The number of amidine groups is 1. The van der Waals surface area contributed by atoms with Crippen molar-refractivity contribution in [3.05, 3.63) is 65.7 Å². The maximum atomic E-state index is 13.1. The summed E-state index contributed by atoms with van der Waals surface area (Å²) in [5, 5.41) is 4.21. The fourth-order valence-corrected chi connectivity index (χ4v) is 2.98. The van der Waals surface area contributed by atoms with E-state index < -0.39 is 0 Å². The molecule has 0 fully saturated rings. The van der Waals surface area contributed by atoms with Gasteiger partial charge in [0.05, 0.1) is 13.3 Å². The highest BCUT2D eigenvalue weighted by Crippen LogP contribution is 2.16. The van der Waals surface area contributed by atoms with Crippen molar-refractivity contribution in [3.63, 3.8) is 0 Å². The van der Waals surface area contributed by atoms with Gasteiger partial charge in [-0.05, 0) is 29.3 Å². The summed E-state index contributed by atoms with van der Waals surface area (Å²) in [5.41, 5.74) is 2.14. The molecule has 1 aliphatic heterocycles. The highest BCUT2D eigenvalue weighted by atomic mass is 32.2. The Labute approximate surface area is 133 Å². The Balaban J connectivity index is 1.49. The first kappa shape index (κ1) is 15.0. The van der Waals surface area contributed by atoms with Gasteiger partial charge in [-0.3, -0.25) is 9.88 Å². The van der Waals surface area contributed by atoms with Crippen LogP contribution in [0.3, 0.4) is 0 Å². The number of thioether (sulfide) groups is 1. The zero-order valence-corrected chi connectivity index (χ0v) is 12.9. The van der Waals surface area contributed by atoms with Gasteiger partial charge >= 0.3 is 0 Å². The van der Waals surface area contributed by atoms with Crippen molar-refractivity contribution in [2.75, 3.05) is 13.3 Å². The summed E-state index contributed by atoms with van der Waals surface area (Å²) in [5.74, 6) is 0.519. The Morgan fingerprint density at radius 2 is 2.14 bits per heavy atom. The van der Waals surface area contributed by atoms with Crippen molar-refractivity contribution < 1.29 is 4.39 Å². The van der Waals surface area contributed by atoms with E-state index in [1.807, 2.05) is 18.3 Å². The number of pyridine rings is 1.